The van der Waals surface area contributed by atoms with Crippen LogP contribution in [0.2, 0.25) is 0 Å². The van der Waals surface area contributed by atoms with E-state index in [1.54, 1.807) is 11.0 Å². The van der Waals surface area contributed by atoms with Crippen LogP contribution in [-0.2, 0) is 28.9 Å². The molecule has 1 unspecified atom stereocenters. The summed E-state index contributed by atoms with van der Waals surface area (Å²) in [5.41, 5.74) is 2.22. The van der Waals surface area contributed by atoms with E-state index in [1.165, 1.54) is 12.1 Å². The molecular weight excluding hydrogens is 443 g/mol. The van der Waals surface area contributed by atoms with Gasteiger partial charge < -0.3 is 10.2 Å². The molecule has 0 saturated carbocycles. The Morgan fingerprint density at radius 2 is 1.74 bits per heavy atom. The molecule has 4 rings (SSSR count). The first-order chi connectivity index (χ1) is 16.2. The molecule has 1 atom stereocenters. The van der Waals surface area contributed by atoms with E-state index in [2.05, 4.69) is 10.2 Å². The summed E-state index contributed by atoms with van der Waals surface area (Å²) in [5, 5.41) is 3.09. The molecule has 0 bridgehead atoms. The fraction of sp³-hybridized carbons (Fsp3) is 0.462. The predicted molar refractivity (Wildman–Crippen MR) is 123 cm³/mol. The van der Waals surface area contributed by atoms with Crippen molar-refractivity contribution in [2.75, 3.05) is 19.6 Å². The Kier molecular flexibility index (Phi) is 7.26. The summed E-state index contributed by atoms with van der Waals surface area (Å²) in [6.45, 7) is 4.80. The Morgan fingerprint density at radius 1 is 1.03 bits per heavy atom. The molecule has 182 valence electrons. The number of carbonyl (C=O) groups excluding carboxylic acids is 2. The van der Waals surface area contributed by atoms with Gasteiger partial charge in [0, 0.05) is 45.2 Å². The SMILES string of the molecule is Cc1ccc(CN2CC(C(=O)NC3CCN(Cc4cccc(C(F)(F)F)c4)CC3)CC2=O)cc1. The summed E-state index contributed by atoms with van der Waals surface area (Å²) in [5.74, 6) is -0.436. The van der Waals surface area contributed by atoms with Crippen LogP contribution in [0, 0.1) is 12.8 Å². The van der Waals surface area contributed by atoms with Gasteiger partial charge in [0.25, 0.3) is 0 Å². The summed E-state index contributed by atoms with van der Waals surface area (Å²) in [7, 11) is 0. The van der Waals surface area contributed by atoms with Crippen LogP contribution in [-0.4, -0.2) is 47.3 Å². The van der Waals surface area contributed by atoms with Gasteiger partial charge in [-0.1, -0.05) is 48.0 Å². The van der Waals surface area contributed by atoms with Crippen LogP contribution < -0.4 is 5.32 Å². The molecule has 5 nitrogen and oxygen atoms in total. The van der Waals surface area contributed by atoms with Gasteiger partial charge >= 0.3 is 6.18 Å². The topological polar surface area (TPSA) is 52.7 Å². The van der Waals surface area contributed by atoms with Crippen molar-refractivity contribution in [2.24, 2.45) is 5.92 Å². The summed E-state index contributed by atoms with van der Waals surface area (Å²) >= 11 is 0. The third kappa shape index (κ3) is 6.17. The fourth-order valence-corrected chi connectivity index (χ4v) is 4.67. The maximum Gasteiger partial charge on any atom is 0.416 e. The Morgan fingerprint density at radius 3 is 2.41 bits per heavy atom. The number of piperidine rings is 1. The lowest BCUT2D eigenvalue weighted by molar-refractivity contribution is -0.137. The van der Waals surface area contributed by atoms with Crippen LogP contribution in [0.3, 0.4) is 0 Å². The molecule has 1 N–H and O–H groups in total. The second kappa shape index (κ2) is 10.2. The lowest BCUT2D eigenvalue weighted by Gasteiger charge is -2.33. The molecule has 0 spiro atoms. The number of alkyl halides is 3. The van der Waals surface area contributed by atoms with Crippen molar-refractivity contribution in [3.05, 3.63) is 70.8 Å². The van der Waals surface area contributed by atoms with Crippen LogP contribution in [0.15, 0.2) is 48.5 Å². The van der Waals surface area contributed by atoms with Gasteiger partial charge in [0.15, 0.2) is 0 Å². The van der Waals surface area contributed by atoms with E-state index < -0.39 is 11.7 Å². The number of hydrogen-bond donors (Lipinski definition) is 1. The van der Waals surface area contributed by atoms with Gasteiger partial charge in [-0.15, -0.1) is 0 Å². The van der Waals surface area contributed by atoms with Crippen molar-refractivity contribution < 1.29 is 22.8 Å². The molecule has 2 aliphatic heterocycles. The molecule has 8 heteroatoms. The molecule has 0 aromatic heterocycles. The van der Waals surface area contributed by atoms with Crippen LogP contribution in [0.1, 0.15) is 41.5 Å². The molecule has 2 fully saturated rings. The summed E-state index contributed by atoms with van der Waals surface area (Å²) in [6.07, 6.45) is -2.65. The van der Waals surface area contributed by atoms with Crippen molar-refractivity contribution >= 4 is 11.8 Å². The maximum absolute atomic E-state index is 12.9. The van der Waals surface area contributed by atoms with Gasteiger partial charge in [-0.2, -0.15) is 13.2 Å². The van der Waals surface area contributed by atoms with Gasteiger partial charge in [0.1, 0.15) is 0 Å². The molecule has 34 heavy (non-hydrogen) atoms. The van der Waals surface area contributed by atoms with Crippen LogP contribution in [0.4, 0.5) is 13.2 Å². The first-order valence-electron chi connectivity index (χ1n) is 11.7. The fourth-order valence-electron chi connectivity index (χ4n) is 4.67. The third-order valence-corrected chi connectivity index (χ3v) is 6.67. The van der Waals surface area contributed by atoms with E-state index in [0.29, 0.717) is 38.3 Å². The molecule has 0 aliphatic carbocycles. The minimum absolute atomic E-state index is 0.00312. The number of carbonyl (C=O) groups is 2. The lowest BCUT2D eigenvalue weighted by Crippen LogP contribution is -2.46. The summed E-state index contributed by atoms with van der Waals surface area (Å²) in [6, 6.07) is 13.5. The van der Waals surface area contributed by atoms with E-state index >= 15 is 0 Å². The van der Waals surface area contributed by atoms with Gasteiger partial charge in [-0.25, -0.2) is 0 Å². The van der Waals surface area contributed by atoms with Crippen LogP contribution in [0.25, 0.3) is 0 Å². The number of aryl methyl sites for hydroxylation is 1. The standard InChI is InChI=1S/C26H30F3N3O2/c1-18-5-7-19(8-6-18)16-32-17-21(14-24(32)33)25(34)30-23-9-11-31(12-10-23)15-20-3-2-4-22(13-20)26(27,28)29/h2-8,13,21,23H,9-12,14-17H2,1H3,(H,30,34). The number of amides is 2. The quantitative estimate of drug-likeness (QED) is 0.686. The third-order valence-electron chi connectivity index (χ3n) is 6.67. The van der Waals surface area contributed by atoms with Crippen molar-refractivity contribution in [3.63, 3.8) is 0 Å². The number of likely N-dealkylation sites (tertiary alicyclic amines) is 2. The van der Waals surface area contributed by atoms with Crippen molar-refractivity contribution in [2.45, 2.75) is 51.5 Å². The number of halogens is 3. The van der Waals surface area contributed by atoms with E-state index in [4.69, 9.17) is 0 Å². The Labute approximate surface area is 197 Å². The molecule has 2 saturated heterocycles. The molecule has 2 amide bonds. The van der Waals surface area contributed by atoms with Crippen molar-refractivity contribution in [1.29, 1.82) is 0 Å². The number of nitrogens with one attached hydrogen (secondary N) is 1. The smallest absolute Gasteiger partial charge is 0.353 e. The van der Waals surface area contributed by atoms with E-state index in [0.717, 1.165) is 30.0 Å². The lowest BCUT2D eigenvalue weighted by atomic mass is 10.0. The second-order valence-electron chi connectivity index (χ2n) is 9.42. The molecular formula is C26H30F3N3O2. The second-order valence-corrected chi connectivity index (χ2v) is 9.42. The molecule has 2 aliphatic rings. The average Bonchev–Trinajstić information content (AvgIpc) is 3.17. The summed E-state index contributed by atoms with van der Waals surface area (Å²) < 4.78 is 38.8. The Bertz CT molecular complexity index is 1010. The zero-order valence-electron chi connectivity index (χ0n) is 19.3. The maximum atomic E-state index is 12.9. The highest BCUT2D eigenvalue weighted by atomic mass is 19.4. The zero-order chi connectivity index (χ0) is 24.3. The van der Waals surface area contributed by atoms with Gasteiger partial charge in [-0.05, 0) is 37.0 Å². The van der Waals surface area contributed by atoms with Crippen molar-refractivity contribution in [3.8, 4) is 0 Å². The highest BCUT2D eigenvalue weighted by Crippen LogP contribution is 2.30. The number of nitrogens with zero attached hydrogens (tertiary/aromatic N) is 2. The Hall–Kier alpha value is -2.87. The minimum atomic E-state index is -4.34. The van der Waals surface area contributed by atoms with Gasteiger partial charge in [-0.3, -0.25) is 14.5 Å². The molecule has 2 aromatic rings. The average molecular weight is 474 g/mol. The van der Waals surface area contributed by atoms with E-state index in [-0.39, 0.29) is 30.2 Å². The first-order valence-corrected chi connectivity index (χ1v) is 11.7. The highest BCUT2D eigenvalue weighted by molar-refractivity contribution is 5.89. The van der Waals surface area contributed by atoms with Crippen LogP contribution in [0.5, 0.6) is 0 Å². The molecule has 2 heterocycles. The largest absolute Gasteiger partial charge is 0.416 e. The number of rotatable bonds is 6. The van der Waals surface area contributed by atoms with E-state index in [9.17, 15) is 22.8 Å². The minimum Gasteiger partial charge on any atom is -0.353 e. The number of benzene rings is 2. The van der Waals surface area contributed by atoms with E-state index in [1.807, 2.05) is 31.2 Å². The monoisotopic (exact) mass is 473 g/mol. The number of hydrogen-bond acceptors (Lipinski definition) is 3. The van der Waals surface area contributed by atoms with Crippen LogP contribution >= 0.6 is 0 Å². The first kappa shape index (κ1) is 24.3. The molecule has 0 radical (unpaired) electrons. The highest BCUT2D eigenvalue weighted by Gasteiger charge is 2.35. The van der Waals surface area contributed by atoms with Gasteiger partial charge in [0.05, 0.1) is 11.5 Å². The Balaban J connectivity index is 1.23. The zero-order valence-corrected chi connectivity index (χ0v) is 19.3. The van der Waals surface area contributed by atoms with Gasteiger partial charge in [0.2, 0.25) is 11.8 Å². The summed E-state index contributed by atoms with van der Waals surface area (Å²) in [4.78, 5) is 29.1. The predicted octanol–water partition coefficient (Wildman–Crippen LogP) is 4.14. The normalized spacial score (nSPS) is 20.1. The van der Waals surface area contributed by atoms with Crippen molar-refractivity contribution in [1.82, 2.24) is 15.1 Å². The molecule has 2 aromatic carbocycles.